The van der Waals surface area contributed by atoms with Gasteiger partial charge in [-0.25, -0.2) is 0 Å². The molecule has 1 unspecified atom stereocenters. The fourth-order valence-electron chi connectivity index (χ4n) is 3.28. The van der Waals surface area contributed by atoms with Crippen molar-refractivity contribution in [1.82, 2.24) is 9.80 Å². The van der Waals surface area contributed by atoms with E-state index in [9.17, 15) is 9.59 Å². The lowest BCUT2D eigenvalue weighted by Crippen LogP contribution is -2.38. The molecule has 0 bridgehead atoms. The number of nitrogens with zero attached hydrogens (tertiary/aromatic N) is 2. The van der Waals surface area contributed by atoms with E-state index in [-0.39, 0.29) is 17.7 Å². The van der Waals surface area contributed by atoms with Gasteiger partial charge < -0.3 is 9.80 Å². The number of amides is 2. The van der Waals surface area contributed by atoms with Crippen LogP contribution in [0.3, 0.4) is 0 Å². The summed E-state index contributed by atoms with van der Waals surface area (Å²) < 4.78 is 0. The topological polar surface area (TPSA) is 40.6 Å². The van der Waals surface area contributed by atoms with Crippen LogP contribution in [0.1, 0.15) is 44.9 Å². The van der Waals surface area contributed by atoms with Crippen LogP contribution in [0.2, 0.25) is 0 Å². The Morgan fingerprint density at radius 1 is 1.11 bits per heavy atom. The van der Waals surface area contributed by atoms with Crippen molar-refractivity contribution in [3.05, 3.63) is 0 Å². The third kappa shape index (κ3) is 3.10. The third-order valence-electron chi connectivity index (χ3n) is 4.66. The molecule has 1 saturated carbocycles. The fraction of sp³-hybridized carbons (Fsp3) is 0.867. The van der Waals surface area contributed by atoms with E-state index in [0.29, 0.717) is 13.0 Å². The van der Waals surface area contributed by atoms with Crippen molar-refractivity contribution in [2.75, 3.05) is 26.2 Å². The van der Waals surface area contributed by atoms with Gasteiger partial charge in [-0.15, -0.1) is 0 Å². The predicted octanol–water partition coefficient (Wildman–Crippen LogP) is 1.65. The Hall–Kier alpha value is -1.06. The summed E-state index contributed by atoms with van der Waals surface area (Å²) in [6.07, 6.45) is 7.68. The molecule has 4 heteroatoms. The number of rotatable bonds is 3. The third-order valence-corrected chi connectivity index (χ3v) is 4.66. The molecule has 3 rings (SSSR count). The Morgan fingerprint density at radius 2 is 1.79 bits per heavy atom. The maximum absolute atomic E-state index is 12.5. The van der Waals surface area contributed by atoms with Gasteiger partial charge in [0, 0.05) is 32.6 Å². The molecule has 1 atom stereocenters. The van der Waals surface area contributed by atoms with Gasteiger partial charge in [-0.05, 0) is 31.6 Å². The SMILES string of the molecule is O=C1CC(C(=O)N2CCCCCC2)CN1CC1CC1. The van der Waals surface area contributed by atoms with Crippen LogP contribution in [0.25, 0.3) is 0 Å². The summed E-state index contributed by atoms with van der Waals surface area (Å²) in [7, 11) is 0. The second-order valence-electron chi connectivity index (χ2n) is 6.38. The van der Waals surface area contributed by atoms with Crippen LogP contribution in [-0.4, -0.2) is 47.8 Å². The van der Waals surface area contributed by atoms with Gasteiger partial charge in [0.25, 0.3) is 0 Å². The molecule has 0 N–H and O–H groups in total. The first-order chi connectivity index (χ1) is 9.24. The predicted molar refractivity (Wildman–Crippen MR) is 72.5 cm³/mol. The van der Waals surface area contributed by atoms with Gasteiger partial charge in [-0.3, -0.25) is 9.59 Å². The highest BCUT2D eigenvalue weighted by Gasteiger charge is 2.38. The molecule has 0 aromatic carbocycles. The molecule has 1 aliphatic carbocycles. The van der Waals surface area contributed by atoms with Crippen LogP contribution in [0.4, 0.5) is 0 Å². The second-order valence-corrected chi connectivity index (χ2v) is 6.38. The molecule has 3 aliphatic rings. The lowest BCUT2D eigenvalue weighted by atomic mass is 10.1. The highest BCUT2D eigenvalue weighted by molar-refractivity contribution is 5.89. The average Bonchev–Trinajstić information content (AvgIpc) is 3.17. The van der Waals surface area contributed by atoms with Gasteiger partial charge in [-0.2, -0.15) is 0 Å². The summed E-state index contributed by atoms with van der Waals surface area (Å²) >= 11 is 0. The lowest BCUT2D eigenvalue weighted by molar-refractivity contribution is -0.135. The van der Waals surface area contributed by atoms with Gasteiger partial charge in [0.05, 0.1) is 5.92 Å². The van der Waals surface area contributed by atoms with E-state index in [1.807, 2.05) is 9.80 Å². The maximum Gasteiger partial charge on any atom is 0.227 e. The first-order valence-electron chi connectivity index (χ1n) is 7.80. The Labute approximate surface area is 115 Å². The monoisotopic (exact) mass is 264 g/mol. The lowest BCUT2D eigenvalue weighted by Gasteiger charge is -2.24. The largest absolute Gasteiger partial charge is 0.342 e. The van der Waals surface area contributed by atoms with Crippen molar-refractivity contribution in [2.45, 2.75) is 44.9 Å². The van der Waals surface area contributed by atoms with Crippen molar-refractivity contribution in [2.24, 2.45) is 11.8 Å². The number of hydrogen-bond acceptors (Lipinski definition) is 2. The Morgan fingerprint density at radius 3 is 2.42 bits per heavy atom. The molecule has 0 spiro atoms. The van der Waals surface area contributed by atoms with Crippen molar-refractivity contribution in [3.63, 3.8) is 0 Å². The zero-order chi connectivity index (χ0) is 13.2. The van der Waals surface area contributed by atoms with Gasteiger partial charge >= 0.3 is 0 Å². The van der Waals surface area contributed by atoms with E-state index < -0.39 is 0 Å². The number of likely N-dealkylation sites (tertiary alicyclic amines) is 2. The van der Waals surface area contributed by atoms with Gasteiger partial charge in [0.1, 0.15) is 0 Å². The van der Waals surface area contributed by atoms with Gasteiger partial charge in [-0.1, -0.05) is 12.8 Å². The van der Waals surface area contributed by atoms with Crippen LogP contribution in [0.5, 0.6) is 0 Å². The first kappa shape index (κ1) is 12.9. The molecular weight excluding hydrogens is 240 g/mol. The van der Waals surface area contributed by atoms with Crippen LogP contribution >= 0.6 is 0 Å². The average molecular weight is 264 g/mol. The van der Waals surface area contributed by atoms with E-state index in [2.05, 4.69) is 0 Å². The van der Waals surface area contributed by atoms with E-state index in [4.69, 9.17) is 0 Å². The summed E-state index contributed by atoms with van der Waals surface area (Å²) in [6, 6.07) is 0. The molecule has 3 fully saturated rings. The molecular formula is C15H24N2O2. The van der Waals surface area contributed by atoms with Crippen LogP contribution in [0.15, 0.2) is 0 Å². The summed E-state index contributed by atoms with van der Waals surface area (Å²) in [5.74, 6) is 1.08. The Bertz CT molecular complexity index is 357. The van der Waals surface area contributed by atoms with Crippen molar-refractivity contribution < 1.29 is 9.59 Å². The maximum atomic E-state index is 12.5. The van der Waals surface area contributed by atoms with Crippen molar-refractivity contribution in [3.8, 4) is 0 Å². The second kappa shape index (κ2) is 5.51. The molecule has 2 amide bonds. The van der Waals surface area contributed by atoms with E-state index in [0.717, 1.165) is 38.4 Å². The molecule has 4 nitrogen and oxygen atoms in total. The molecule has 0 aromatic rings. The number of hydrogen-bond donors (Lipinski definition) is 0. The highest BCUT2D eigenvalue weighted by Crippen LogP contribution is 2.32. The summed E-state index contributed by atoms with van der Waals surface area (Å²) in [4.78, 5) is 28.4. The molecule has 106 valence electrons. The quantitative estimate of drug-likeness (QED) is 0.777. The number of carbonyl (C=O) groups excluding carboxylic acids is 2. The van der Waals surface area contributed by atoms with Gasteiger partial charge in [0.2, 0.25) is 11.8 Å². The van der Waals surface area contributed by atoms with Crippen molar-refractivity contribution >= 4 is 11.8 Å². The minimum absolute atomic E-state index is 0.0654. The molecule has 19 heavy (non-hydrogen) atoms. The minimum Gasteiger partial charge on any atom is -0.342 e. The zero-order valence-electron chi connectivity index (χ0n) is 11.6. The van der Waals surface area contributed by atoms with Crippen molar-refractivity contribution in [1.29, 1.82) is 0 Å². The summed E-state index contributed by atoms with van der Waals surface area (Å²) in [5.41, 5.74) is 0. The molecule has 2 aliphatic heterocycles. The molecule has 0 radical (unpaired) electrons. The van der Waals surface area contributed by atoms with Gasteiger partial charge in [0.15, 0.2) is 0 Å². The van der Waals surface area contributed by atoms with Crippen LogP contribution in [0, 0.1) is 11.8 Å². The van der Waals surface area contributed by atoms with Crippen LogP contribution in [-0.2, 0) is 9.59 Å². The highest BCUT2D eigenvalue weighted by atomic mass is 16.2. The smallest absolute Gasteiger partial charge is 0.227 e. The first-order valence-corrected chi connectivity index (χ1v) is 7.80. The van der Waals surface area contributed by atoms with E-state index in [1.54, 1.807) is 0 Å². The molecule has 0 aromatic heterocycles. The molecule has 2 heterocycles. The number of carbonyl (C=O) groups is 2. The minimum atomic E-state index is -0.0654. The summed E-state index contributed by atoms with van der Waals surface area (Å²) in [5, 5.41) is 0. The normalized spacial score (nSPS) is 28.6. The standard InChI is InChI=1S/C15H24N2O2/c18-14-9-13(11-17(14)10-12-5-6-12)15(19)16-7-3-1-2-4-8-16/h12-13H,1-11H2. The fourth-order valence-corrected chi connectivity index (χ4v) is 3.28. The zero-order valence-corrected chi connectivity index (χ0v) is 11.6. The Balaban J connectivity index is 1.56. The molecule has 2 saturated heterocycles. The van der Waals surface area contributed by atoms with Crippen LogP contribution < -0.4 is 0 Å². The van der Waals surface area contributed by atoms with E-state index in [1.165, 1.54) is 25.7 Å². The summed E-state index contributed by atoms with van der Waals surface area (Å²) in [6.45, 7) is 3.35. The van der Waals surface area contributed by atoms with E-state index >= 15 is 0 Å². The Kier molecular flexibility index (Phi) is 3.76.